The molecule has 0 radical (unpaired) electrons. The molecular formula is C20H24N6O. The lowest BCUT2D eigenvalue weighted by atomic mass is 10.1. The predicted octanol–water partition coefficient (Wildman–Crippen LogP) is 1.76. The highest BCUT2D eigenvalue weighted by Gasteiger charge is 2.24. The van der Waals surface area contributed by atoms with Crippen LogP contribution in [0, 0.1) is 5.92 Å². The average Bonchev–Trinajstić information content (AvgIpc) is 3.40. The molecule has 1 saturated heterocycles. The van der Waals surface area contributed by atoms with Gasteiger partial charge in [0.2, 0.25) is 5.91 Å². The first-order valence-electron chi connectivity index (χ1n) is 9.73. The van der Waals surface area contributed by atoms with Gasteiger partial charge in [-0.25, -0.2) is 4.98 Å². The van der Waals surface area contributed by atoms with E-state index < -0.39 is 0 Å². The Bertz CT molecular complexity index is 971. The van der Waals surface area contributed by atoms with E-state index in [-0.39, 0.29) is 5.91 Å². The number of H-pyrrole nitrogens is 1. The number of piperazine rings is 1. The van der Waals surface area contributed by atoms with Gasteiger partial charge in [-0.3, -0.25) is 14.7 Å². The van der Waals surface area contributed by atoms with Crippen molar-refractivity contribution in [2.45, 2.75) is 12.8 Å². The van der Waals surface area contributed by atoms with E-state index in [1.54, 1.807) is 0 Å². The number of carbonyl (C=O) groups is 1. The summed E-state index contributed by atoms with van der Waals surface area (Å²) in [6, 6.07) is 4.16. The van der Waals surface area contributed by atoms with Gasteiger partial charge < -0.3 is 15.2 Å². The van der Waals surface area contributed by atoms with Gasteiger partial charge in [-0.2, -0.15) is 0 Å². The molecule has 1 aliphatic heterocycles. The highest BCUT2D eigenvalue weighted by Crippen LogP contribution is 2.31. The van der Waals surface area contributed by atoms with Crippen molar-refractivity contribution >= 4 is 33.5 Å². The van der Waals surface area contributed by atoms with E-state index in [9.17, 15) is 4.79 Å². The molecule has 0 spiro atoms. The number of pyridine rings is 2. The third kappa shape index (κ3) is 3.35. The lowest BCUT2D eigenvalue weighted by Gasteiger charge is -2.36. The summed E-state index contributed by atoms with van der Waals surface area (Å²) in [5.74, 6) is 0.885. The average molecular weight is 364 g/mol. The van der Waals surface area contributed by atoms with Crippen LogP contribution in [0.25, 0.3) is 21.9 Å². The van der Waals surface area contributed by atoms with Crippen LogP contribution in [0.2, 0.25) is 0 Å². The Morgan fingerprint density at radius 2 is 2.04 bits per heavy atom. The van der Waals surface area contributed by atoms with Crippen LogP contribution in [0.5, 0.6) is 0 Å². The SMILES string of the molecule is O=C(CN1CCN(c2ccnc3cnc4[nH]ccc4c23)CC1)NCC1CC1. The third-order valence-corrected chi connectivity index (χ3v) is 5.63. The van der Waals surface area contributed by atoms with E-state index in [0.717, 1.165) is 60.6 Å². The number of nitrogens with zero attached hydrogens (tertiary/aromatic N) is 4. The van der Waals surface area contributed by atoms with Crippen molar-refractivity contribution in [3.63, 3.8) is 0 Å². The summed E-state index contributed by atoms with van der Waals surface area (Å²) >= 11 is 0. The van der Waals surface area contributed by atoms with Crippen LogP contribution in [-0.4, -0.2) is 65.0 Å². The number of aromatic nitrogens is 3. The number of rotatable bonds is 5. The Balaban J connectivity index is 1.29. The molecule has 3 aromatic heterocycles. The molecule has 5 rings (SSSR count). The molecule has 2 fully saturated rings. The smallest absolute Gasteiger partial charge is 0.234 e. The Labute approximate surface area is 157 Å². The van der Waals surface area contributed by atoms with Gasteiger partial charge in [0.15, 0.2) is 0 Å². The number of amides is 1. The molecule has 0 unspecified atom stereocenters. The van der Waals surface area contributed by atoms with Crippen molar-refractivity contribution in [2.24, 2.45) is 5.92 Å². The zero-order valence-corrected chi connectivity index (χ0v) is 15.3. The maximum Gasteiger partial charge on any atom is 0.234 e. The van der Waals surface area contributed by atoms with Gasteiger partial charge in [0.25, 0.3) is 0 Å². The van der Waals surface area contributed by atoms with E-state index >= 15 is 0 Å². The monoisotopic (exact) mass is 364 g/mol. The fourth-order valence-electron chi connectivity index (χ4n) is 3.89. The second-order valence-corrected chi connectivity index (χ2v) is 7.60. The first kappa shape index (κ1) is 16.5. The van der Waals surface area contributed by atoms with Crippen LogP contribution in [0.1, 0.15) is 12.8 Å². The van der Waals surface area contributed by atoms with Crippen molar-refractivity contribution in [3.05, 3.63) is 30.7 Å². The summed E-state index contributed by atoms with van der Waals surface area (Å²) in [5, 5.41) is 5.32. The molecule has 1 aliphatic carbocycles. The van der Waals surface area contributed by atoms with E-state index in [1.165, 1.54) is 18.5 Å². The molecule has 0 bridgehead atoms. The number of hydrogen-bond acceptors (Lipinski definition) is 5. The van der Waals surface area contributed by atoms with Crippen molar-refractivity contribution in [3.8, 4) is 0 Å². The number of carbonyl (C=O) groups excluding carboxylic acids is 1. The number of anilines is 1. The van der Waals surface area contributed by atoms with Gasteiger partial charge in [-0.05, 0) is 30.9 Å². The maximum atomic E-state index is 12.1. The lowest BCUT2D eigenvalue weighted by Crippen LogP contribution is -2.49. The summed E-state index contributed by atoms with van der Waals surface area (Å²) in [6.07, 6.45) is 8.14. The van der Waals surface area contributed by atoms with Crippen LogP contribution in [0.15, 0.2) is 30.7 Å². The van der Waals surface area contributed by atoms with E-state index in [1.807, 2.05) is 18.6 Å². The first-order valence-corrected chi connectivity index (χ1v) is 9.73. The Kier molecular flexibility index (Phi) is 4.16. The molecule has 1 amide bonds. The fraction of sp³-hybridized carbons (Fsp3) is 0.450. The number of nitrogens with one attached hydrogen (secondary N) is 2. The molecule has 2 aliphatic rings. The summed E-state index contributed by atoms with van der Waals surface area (Å²) in [7, 11) is 0. The first-order chi connectivity index (χ1) is 13.3. The normalized spacial score (nSPS) is 18.3. The molecule has 3 aromatic rings. The van der Waals surface area contributed by atoms with E-state index in [2.05, 4.69) is 42.2 Å². The molecule has 0 aromatic carbocycles. The lowest BCUT2D eigenvalue weighted by molar-refractivity contribution is -0.122. The Morgan fingerprint density at radius 3 is 2.85 bits per heavy atom. The Morgan fingerprint density at radius 1 is 1.19 bits per heavy atom. The van der Waals surface area contributed by atoms with E-state index in [4.69, 9.17) is 0 Å². The number of fused-ring (bicyclic) bond motifs is 3. The predicted molar refractivity (Wildman–Crippen MR) is 106 cm³/mol. The number of aromatic amines is 1. The maximum absolute atomic E-state index is 12.1. The second kappa shape index (κ2) is 6.81. The molecule has 140 valence electrons. The zero-order valence-electron chi connectivity index (χ0n) is 15.3. The van der Waals surface area contributed by atoms with Gasteiger partial charge in [0.05, 0.1) is 18.3 Å². The highest BCUT2D eigenvalue weighted by atomic mass is 16.2. The summed E-state index contributed by atoms with van der Waals surface area (Å²) < 4.78 is 0. The quantitative estimate of drug-likeness (QED) is 0.721. The molecule has 1 saturated carbocycles. The van der Waals surface area contributed by atoms with Crippen LogP contribution in [0.3, 0.4) is 0 Å². The summed E-state index contributed by atoms with van der Waals surface area (Å²) in [5.41, 5.74) is 3.01. The third-order valence-electron chi connectivity index (χ3n) is 5.63. The molecule has 7 nitrogen and oxygen atoms in total. The Hall–Kier alpha value is -2.67. The number of hydrogen-bond donors (Lipinski definition) is 2. The zero-order chi connectivity index (χ0) is 18.2. The fourth-order valence-corrected chi connectivity index (χ4v) is 3.89. The summed E-state index contributed by atoms with van der Waals surface area (Å²) in [4.78, 5) is 28.9. The van der Waals surface area contributed by atoms with E-state index in [0.29, 0.717) is 6.54 Å². The minimum Gasteiger partial charge on any atom is -0.368 e. The van der Waals surface area contributed by atoms with Crippen LogP contribution >= 0.6 is 0 Å². The largest absolute Gasteiger partial charge is 0.368 e. The van der Waals surface area contributed by atoms with Crippen LogP contribution in [0.4, 0.5) is 5.69 Å². The van der Waals surface area contributed by atoms with Crippen LogP contribution < -0.4 is 10.2 Å². The van der Waals surface area contributed by atoms with Gasteiger partial charge in [-0.15, -0.1) is 0 Å². The highest BCUT2D eigenvalue weighted by molar-refractivity contribution is 6.09. The topological polar surface area (TPSA) is 77.2 Å². The van der Waals surface area contributed by atoms with Crippen molar-refractivity contribution in [2.75, 3.05) is 44.2 Å². The molecule has 0 atom stereocenters. The minimum absolute atomic E-state index is 0.157. The standard InChI is InChI=1S/C20H24N6O/c27-18(23-11-14-1-2-14)13-25-7-9-26(10-8-25)17-4-6-21-16-12-24-20-15(19(16)17)3-5-22-20/h3-6,12,14H,1-2,7-11,13H2,(H,22,24)(H,23,27). The molecule has 2 N–H and O–H groups in total. The summed E-state index contributed by atoms with van der Waals surface area (Å²) in [6.45, 7) is 4.95. The molecular weight excluding hydrogens is 340 g/mol. The second-order valence-electron chi connectivity index (χ2n) is 7.60. The van der Waals surface area contributed by atoms with Crippen molar-refractivity contribution in [1.29, 1.82) is 0 Å². The van der Waals surface area contributed by atoms with Gasteiger partial charge in [0, 0.05) is 61.6 Å². The van der Waals surface area contributed by atoms with Gasteiger partial charge >= 0.3 is 0 Å². The van der Waals surface area contributed by atoms with Crippen molar-refractivity contribution in [1.82, 2.24) is 25.2 Å². The van der Waals surface area contributed by atoms with Gasteiger partial charge in [0.1, 0.15) is 5.65 Å². The minimum atomic E-state index is 0.157. The van der Waals surface area contributed by atoms with Gasteiger partial charge in [-0.1, -0.05) is 0 Å². The molecule has 7 heteroatoms. The van der Waals surface area contributed by atoms with Crippen LogP contribution in [-0.2, 0) is 4.79 Å². The molecule has 27 heavy (non-hydrogen) atoms. The van der Waals surface area contributed by atoms with Crippen molar-refractivity contribution < 1.29 is 4.79 Å². The molecule has 4 heterocycles.